The number of amides is 3. The maximum Gasteiger partial charge on any atom is 0.324 e. The summed E-state index contributed by atoms with van der Waals surface area (Å²) in [4.78, 5) is 36.9. The highest BCUT2D eigenvalue weighted by Gasteiger charge is 2.47. The topological polar surface area (TPSA) is 164 Å². The molecule has 4 rings (SSSR count). The molecule has 0 unspecified atom stereocenters. The molecule has 3 amide bonds. The summed E-state index contributed by atoms with van der Waals surface area (Å²) >= 11 is 0. The van der Waals surface area contributed by atoms with Gasteiger partial charge in [-0.2, -0.15) is 0 Å². The van der Waals surface area contributed by atoms with Crippen molar-refractivity contribution in [2.75, 3.05) is 17.2 Å². The molecule has 168 valence electrons. The van der Waals surface area contributed by atoms with Crippen LogP contribution < -0.4 is 16.0 Å². The van der Waals surface area contributed by atoms with Crippen LogP contribution in [0.4, 0.5) is 16.3 Å². The van der Waals surface area contributed by atoms with Crippen LogP contribution in [0.15, 0.2) is 36.9 Å². The molecule has 2 aromatic heterocycles. The number of ether oxygens (including phenoxy) is 1. The highest BCUT2D eigenvalue weighted by Crippen LogP contribution is 2.32. The van der Waals surface area contributed by atoms with E-state index in [0.29, 0.717) is 12.2 Å². The van der Waals surface area contributed by atoms with E-state index in [-0.39, 0.29) is 17.0 Å². The fraction of sp³-hybridized carbons (Fsp3) is 0.350. The van der Waals surface area contributed by atoms with Gasteiger partial charge in [-0.3, -0.25) is 14.7 Å². The summed E-state index contributed by atoms with van der Waals surface area (Å²) in [5.41, 5.74) is 2.17. The molecule has 1 saturated heterocycles. The van der Waals surface area contributed by atoms with Gasteiger partial charge in [0.25, 0.3) is 5.91 Å². The molecule has 0 saturated carbocycles. The summed E-state index contributed by atoms with van der Waals surface area (Å²) in [6, 6.07) is 6.76. The molecule has 3 aromatic rings. The minimum atomic E-state index is -1.43. The van der Waals surface area contributed by atoms with Crippen LogP contribution in [-0.4, -0.2) is 66.5 Å². The average molecular weight is 441 g/mol. The molecular weight excluding hydrogens is 418 g/mol. The van der Waals surface area contributed by atoms with Crippen LogP contribution >= 0.6 is 0 Å². The molecule has 1 aromatic carbocycles. The van der Waals surface area contributed by atoms with Crippen molar-refractivity contribution in [3.05, 3.63) is 42.5 Å². The Hall–Kier alpha value is -3.61. The van der Waals surface area contributed by atoms with Crippen molar-refractivity contribution in [1.82, 2.24) is 24.8 Å². The van der Waals surface area contributed by atoms with Gasteiger partial charge in [-0.25, -0.2) is 19.7 Å². The monoisotopic (exact) mass is 441 g/mol. The molecule has 1 aliphatic rings. The Bertz CT molecular complexity index is 1130. The summed E-state index contributed by atoms with van der Waals surface area (Å²) in [7, 11) is 0. The van der Waals surface area contributed by atoms with Crippen molar-refractivity contribution in [1.29, 1.82) is 0 Å². The van der Waals surface area contributed by atoms with E-state index >= 15 is 0 Å². The lowest BCUT2D eigenvalue weighted by atomic mass is 10.1. The highest BCUT2D eigenvalue weighted by atomic mass is 16.6. The third-order valence-corrected chi connectivity index (χ3v) is 5.02. The number of nitrogens with zero attached hydrogens (tertiary/aromatic N) is 4. The SMILES string of the molecule is CCNC(=O)[C@H]1O[C@@H](n2cnc3c(NC(=O)Nc4ccc(C)cc4)ncnc32)[C@H](O)[C@@H]1O. The Kier molecular flexibility index (Phi) is 5.99. The van der Waals surface area contributed by atoms with Crippen LogP contribution in [0.3, 0.4) is 0 Å². The zero-order valence-corrected chi connectivity index (χ0v) is 17.4. The van der Waals surface area contributed by atoms with Crippen LogP contribution in [0.25, 0.3) is 11.2 Å². The molecule has 5 N–H and O–H groups in total. The number of aliphatic hydroxyl groups excluding tert-OH is 2. The summed E-state index contributed by atoms with van der Waals surface area (Å²) in [5, 5.41) is 28.6. The van der Waals surface area contributed by atoms with Crippen molar-refractivity contribution >= 4 is 34.6 Å². The molecule has 3 heterocycles. The van der Waals surface area contributed by atoms with Crippen molar-refractivity contribution in [3.8, 4) is 0 Å². The van der Waals surface area contributed by atoms with Crippen molar-refractivity contribution < 1.29 is 24.5 Å². The molecular formula is C20H23N7O5. The first-order valence-corrected chi connectivity index (χ1v) is 10.0. The Balaban J connectivity index is 1.55. The number of anilines is 2. The van der Waals surface area contributed by atoms with Gasteiger partial charge in [-0.05, 0) is 26.0 Å². The number of aliphatic hydroxyl groups is 2. The lowest BCUT2D eigenvalue weighted by molar-refractivity contribution is -0.137. The number of carbonyl (C=O) groups excluding carboxylic acids is 2. The number of imidazole rings is 1. The van der Waals surface area contributed by atoms with E-state index < -0.39 is 36.5 Å². The van der Waals surface area contributed by atoms with Gasteiger partial charge < -0.3 is 25.6 Å². The quantitative estimate of drug-likeness (QED) is 0.383. The number of hydrogen-bond acceptors (Lipinski definition) is 8. The first-order valence-electron chi connectivity index (χ1n) is 10.0. The number of aryl methyl sites for hydroxylation is 1. The first kappa shape index (κ1) is 21.6. The smallest absolute Gasteiger partial charge is 0.324 e. The maximum absolute atomic E-state index is 12.4. The van der Waals surface area contributed by atoms with Crippen molar-refractivity contribution in [3.63, 3.8) is 0 Å². The maximum atomic E-state index is 12.4. The zero-order chi connectivity index (χ0) is 22.8. The molecule has 1 fully saturated rings. The average Bonchev–Trinajstić information content (AvgIpc) is 3.32. The summed E-state index contributed by atoms with van der Waals surface area (Å²) in [5.74, 6) is -0.387. The molecule has 12 heteroatoms. The number of urea groups is 1. The largest absolute Gasteiger partial charge is 0.387 e. The second-order valence-corrected chi connectivity index (χ2v) is 7.31. The summed E-state index contributed by atoms with van der Waals surface area (Å²) in [6.45, 7) is 4.03. The number of hydrogen-bond donors (Lipinski definition) is 5. The third-order valence-electron chi connectivity index (χ3n) is 5.02. The molecule has 12 nitrogen and oxygen atoms in total. The second-order valence-electron chi connectivity index (χ2n) is 7.31. The Labute approximate surface area is 182 Å². The van der Waals surface area contributed by atoms with E-state index in [1.165, 1.54) is 17.2 Å². The number of carbonyl (C=O) groups is 2. The van der Waals surface area contributed by atoms with Gasteiger partial charge in [-0.1, -0.05) is 17.7 Å². The minimum Gasteiger partial charge on any atom is -0.387 e. The summed E-state index contributed by atoms with van der Waals surface area (Å²) in [6.07, 6.45) is -2.61. The Morgan fingerprint density at radius 1 is 1.09 bits per heavy atom. The van der Waals surface area contributed by atoms with Gasteiger partial charge in [0.2, 0.25) is 0 Å². The molecule has 4 atom stereocenters. The van der Waals surface area contributed by atoms with Crippen LogP contribution in [0.1, 0.15) is 18.7 Å². The van der Waals surface area contributed by atoms with E-state index in [4.69, 9.17) is 4.74 Å². The van der Waals surface area contributed by atoms with Crippen LogP contribution in [0.5, 0.6) is 0 Å². The van der Waals surface area contributed by atoms with E-state index in [0.717, 1.165) is 5.56 Å². The normalized spacial score (nSPS) is 22.6. The predicted molar refractivity (Wildman–Crippen MR) is 114 cm³/mol. The van der Waals surface area contributed by atoms with Crippen LogP contribution in [0, 0.1) is 6.92 Å². The van der Waals surface area contributed by atoms with Gasteiger partial charge in [0.05, 0.1) is 6.33 Å². The van der Waals surface area contributed by atoms with Gasteiger partial charge in [-0.15, -0.1) is 0 Å². The predicted octanol–water partition coefficient (Wildman–Crippen LogP) is 0.534. The molecule has 0 aliphatic carbocycles. The molecule has 0 radical (unpaired) electrons. The van der Waals surface area contributed by atoms with Crippen molar-refractivity contribution in [2.45, 2.75) is 38.4 Å². The van der Waals surface area contributed by atoms with Crippen molar-refractivity contribution in [2.24, 2.45) is 0 Å². The molecule has 0 bridgehead atoms. The Morgan fingerprint density at radius 3 is 2.56 bits per heavy atom. The lowest BCUT2D eigenvalue weighted by Gasteiger charge is -2.16. The third kappa shape index (κ3) is 4.10. The number of nitrogens with one attached hydrogen (secondary N) is 3. The molecule has 1 aliphatic heterocycles. The van der Waals surface area contributed by atoms with Crippen LogP contribution in [-0.2, 0) is 9.53 Å². The number of aromatic nitrogens is 4. The van der Waals surface area contributed by atoms with Gasteiger partial charge in [0, 0.05) is 12.2 Å². The van der Waals surface area contributed by atoms with Gasteiger partial charge in [0.15, 0.2) is 29.3 Å². The number of rotatable bonds is 5. The second kappa shape index (κ2) is 8.86. The Morgan fingerprint density at radius 2 is 1.84 bits per heavy atom. The molecule has 32 heavy (non-hydrogen) atoms. The number of benzene rings is 1. The van der Waals surface area contributed by atoms with E-state index in [1.54, 1.807) is 19.1 Å². The van der Waals surface area contributed by atoms with Gasteiger partial charge >= 0.3 is 6.03 Å². The number of fused-ring (bicyclic) bond motifs is 1. The first-order chi connectivity index (χ1) is 15.4. The zero-order valence-electron chi connectivity index (χ0n) is 17.4. The lowest BCUT2D eigenvalue weighted by Crippen LogP contribution is -2.42. The molecule has 0 spiro atoms. The van der Waals surface area contributed by atoms with E-state index in [2.05, 4.69) is 30.9 Å². The summed E-state index contributed by atoms with van der Waals surface area (Å²) < 4.78 is 7.00. The minimum absolute atomic E-state index is 0.145. The standard InChI is InChI=1S/C20H23N7O5/c1-3-21-18(30)15-13(28)14(29)19(32-15)27-9-24-12-16(22-8-23-17(12)27)26-20(31)25-11-6-4-10(2)5-7-11/h4-9,13-15,19,28-29H,3H2,1-2H3,(H,21,30)(H2,22,23,25,26,31)/t13-,14+,15-,19+/m0/s1. The van der Waals surface area contributed by atoms with E-state index in [1.807, 2.05) is 19.1 Å². The van der Waals surface area contributed by atoms with Crippen LogP contribution in [0.2, 0.25) is 0 Å². The highest BCUT2D eigenvalue weighted by molar-refractivity contribution is 6.02. The fourth-order valence-electron chi connectivity index (χ4n) is 3.42. The van der Waals surface area contributed by atoms with Gasteiger partial charge in [0.1, 0.15) is 18.5 Å². The fourth-order valence-corrected chi connectivity index (χ4v) is 3.42. The van der Waals surface area contributed by atoms with E-state index in [9.17, 15) is 19.8 Å². The number of likely N-dealkylation sites (N-methyl/N-ethyl adjacent to an activating group) is 1.